The number of carbonyl (C=O) groups is 2. The summed E-state index contributed by atoms with van der Waals surface area (Å²) in [7, 11) is 1.58. The van der Waals surface area contributed by atoms with Crippen molar-refractivity contribution in [1.82, 2.24) is 9.88 Å². The zero-order chi connectivity index (χ0) is 23.2. The number of piperidine rings is 1. The molecule has 1 aliphatic heterocycles. The van der Waals surface area contributed by atoms with Crippen LogP contribution in [0.15, 0.2) is 42.5 Å². The van der Waals surface area contributed by atoms with Gasteiger partial charge in [0.1, 0.15) is 11.5 Å². The van der Waals surface area contributed by atoms with E-state index in [9.17, 15) is 9.59 Å². The van der Waals surface area contributed by atoms with Crippen molar-refractivity contribution in [3.63, 3.8) is 0 Å². The van der Waals surface area contributed by atoms with Gasteiger partial charge in [0.15, 0.2) is 5.13 Å². The third kappa shape index (κ3) is 5.80. The van der Waals surface area contributed by atoms with Crippen LogP contribution >= 0.6 is 11.3 Å². The van der Waals surface area contributed by atoms with Gasteiger partial charge < -0.3 is 20.1 Å². The lowest BCUT2D eigenvalue weighted by molar-refractivity contribution is -0.121. The number of fused-ring (bicyclic) bond motifs is 1. The Balaban J connectivity index is 1.26. The van der Waals surface area contributed by atoms with Gasteiger partial charge in [-0.05, 0) is 63.2 Å². The molecule has 1 saturated heterocycles. The van der Waals surface area contributed by atoms with Gasteiger partial charge in [-0.1, -0.05) is 23.5 Å². The quantitative estimate of drug-likeness (QED) is 0.519. The average Bonchev–Trinajstić information content (AvgIpc) is 3.21. The van der Waals surface area contributed by atoms with E-state index in [4.69, 9.17) is 9.47 Å². The number of likely N-dealkylation sites (tertiary alicyclic amines) is 1. The molecule has 2 N–H and O–H groups in total. The maximum absolute atomic E-state index is 12.7. The molecular formula is C24H28N4O4S. The molecule has 0 radical (unpaired) electrons. The minimum absolute atomic E-state index is 0.00972. The van der Waals surface area contributed by atoms with Gasteiger partial charge in [-0.25, -0.2) is 4.98 Å². The van der Waals surface area contributed by atoms with Gasteiger partial charge in [0.25, 0.3) is 0 Å². The number of amides is 2. The van der Waals surface area contributed by atoms with Gasteiger partial charge in [-0.3, -0.25) is 14.5 Å². The highest BCUT2D eigenvalue weighted by Gasteiger charge is 2.26. The lowest BCUT2D eigenvalue weighted by atomic mass is 9.95. The number of carbonyl (C=O) groups excluding carboxylic acids is 2. The van der Waals surface area contributed by atoms with Gasteiger partial charge in [0.05, 0.1) is 36.2 Å². The number of ether oxygens (including phenoxy) is 2. The summed E-state index contributed by atoms with van der Waals surface area (Å²) in [6, 6.07) is 13.1. The van der Waals surface area contributed by atoms with Crippen LogP contribution < -0.4 is 20.1 Å². The molecule has 0 spiro atoms. The SMILES string of the molecule is CCOc1ccc2nc(NC(=O)CN3CCC(C(=O)Nc4ccccc4OC)CC3)sc2c1. The van der Waals surface area contributed by atoms with Crippen molar-refractivity contribution in [2.75, 3.05) is 44.0 Å². The molecule has 0 unspecified atom stereocenters. The molecule has 3 aromatic rings. The van der Waals surface area contributed by atoms with Crippen molar-refractivity contribution in [3.8, 4) is 11.5 Å². The standard InChI is InChI=1S/C24H28N4O4S/c1-3-32-17-8-9-19-21(14-17)33-24(26-19)27-22(29)15-28-12-10-16(11-13-28)23(30)25-18-6-4-5-7-20(18)31-2/h4-9,14,16H,3,10-13,15H2,1-2H3,(H,25,30)(H,26,27,29). The first-order valence-electron chi connectivity index (χ1n) is 11.0. The summed E-state index contributed by atoms with van der Waals surface area (Å²) >= 11 is 1.43. The van der Waals surface area contributed by atoms with Crippen LogP contribution in [0.5, 0.6) is 11.5 Å². The topological polar surface area (TPSA) is 92.8 Å². The Kier molecular flexibility index (Phi) is 7.41. The van der Waals surface area contributed by atoms with E-state index in [1.54, 1.807) is 7.11 Å². The zero-order valence-corrected chi connectivity index (χ0v) is 19.6. The summed E-state index contributed by atoms with van der Waals surface area (Å²) < 4.78 is 11.8. The second kappa shape index (κ2) is 10.6. The van der Waals surface area contributed by atoms with Crippen LogP contribution in [0.1, 0.15) is 19.8 Å². The fraction of sp³-hybridized carbons (Fsp3) is 0.375. The van der Waals surface area contributed by atoms with Crippen LogP contribution in [-0.4, -0.2) is 55.0 Å². The first-order valence-corrected chi connectivity index (χ1v) is 11.9. The number of aromatic nitrogens is 1. The summed E-state index contributed by atoms with van der Waals surface area (Å²) in [5.41, 5.74) is 1.51. The normalized spacial score (nSPS) is 14.7. The number of benzene rings is 2. The summed E-state index contributed by atoms with van der Waals surface area (Å²) in [4.78, 5) is 31.8. The van der Waals surface area contributed by atoms with Gasteiger partial charge in [0, 0.05) is 5.92 Å². The number of hydrogen-bond acceptors (Lipinski definition) is 7. The molecule has 33 heavy (non-hydrogen) atoms. The fourth-order valence-electron chi connectivity index (χ4n) is 3.91. The molecule has 0 aliphatic carbocycles. The molecule has 9 heteroatoms. The predicted octanol–water partition coefficient (Wildman–Crippen LogP) is 3.99. The molecular weight excluding hydrogens is 440 g/mol. The molecule has 0 atom stereocenters. The molecule has 1 aliphatic rings. The minimum Gasteiger partial charge on any atom is -0.495 e. The highest BCUT2D eigenvalue weighted by Crippen LogP contribution is 2.29. The van der Waals surface area contributed by atoms with Gasteiger partial charge >= 0.3 is 0 Å². The number of hydrogen-bond donors (Lipinski definition) is 2. The van der Waals surface area contributed by atoms with Crippen LogP contribution in [0.4, 0.5) is 10.8 Å². The van der Waals surface area contributed by atoms with Gasteiger partial charge in [-0.15, -0.1) is 0 Å². The Hall–Kier alpha value is -3.17. The summed E-state index contributed by atoms with van der Waals surface area (Å²) in [6.45, 7) is 4.20. The molecule has 1 fully saturated rings. The Morgan fingerprint density at radius 2 is 1.94 bits per heavy atom. The van der Waals surface area contributed by atoms with Crippen LogP contribution in [0.25, 0.3) is 10.2 Å². The maximum Gasteiger partial charge on any atom is 0.240 e. The number of methoxy groups -OCH3 is 1. The van der Waals surface area contributed by atoms with Crippen LogP contribution in [0, 0.1) is 5.92 Å². The van der Waals surface area contributed by atoms with Crippen LogP contribution in [-0.2, 0) is 9.59 Å². The lowest BCUT2D eigenvalue weighted by Gasteiger charge is -2.30. The fourth-order valence-corrected chi connectivity index (χ4v) is 4.82. The number of anilines is 2. The molecule has 0 saturated carbocycles. The van der Waals surface area contributed by atoms with Gasteiger partial charge in [-0.2, -0.15) is 0 Å². The smallest absolute Gasteiger partial charge is 0.240 e. The van der Waals surface area contributed by atoms with E-state index in [0.29, 0.717) is 49.1 Å². The Bertz CT molecular complexity index is 1120. The molecule has 2 amide bonds. The van der Waals surface area contributed by atoms with Crippen molar-refractivity contribution in [1.29, 1.82) is 0 Å². The number of nitrogens with one attached hydrogen (secondary N) is 2. The van der Waals surface area contributed by atoms with E-state index in [-0.39, 0.29) is 24.3 Å². The van der Waals surface area contributed by atoms with Crippen molar-refractivity contribution in [2.45, 2.75) is 19.8 Å². The first-order chi connectivity index (χ1) is 16.1. The molecule has 2 aromatic carbocycles. The van der Waals surface area contributed by atoms with E-state index in [0.717, 1.165) is 16.0 Å². The number of thiazole rings is 1. The summed E-state index contributed by atoms with van der Waals surface area (Å²) in [6.07, 6.45) is 1.41. The zero-order valence-electron chi connectivity index (χ0n) is 18.8. The summed E-state index contributed by atoms with van der Waals surface area (Å²) in [5, 5.41) is 6.45. The lowest BCUT2D eigenvalue weighted by Crippen LogP contribution is -2.41. The van der Waals surface area contributed by atoms with Crippen molar-refractivity contribution in [3.05, 3.63) is 42.5 Å². The third-order valence-electron chi connectivity index (χ3n) is 5.61. The monoisotopic (exact) mass is 468 g/mol. The van der Waals surface area contributed by atoms with Crippen LogP contribution in [0.2, 0.25) is 0 Å². The molecule has 4 rings (SSSR count). The molecule has 174 valence electrons. The van der Waals surface area contributed by atoms with E-state index < -0.39 is 0 Å². The van der Waals surface area contributed by atoms with E-state index in [1.807, 2.05) is 49.4 Å². The van der Waals surface area contributed by atoms with Crippen molar-refractivity contribution >= 4 is 44.2 Å². The van der Waals surface area contributed by atoms with Gasteiger partial charge in [0.2, 0.25) is 11.8 Å². The highest BCUT2D eigenvalue weighted by atomic mass is 32.1. The average molecular weight is 469 g/mol. The number of rotatable bonds is 8. The highest BCUT2D eigenvalue weighted by molar-refractivity contribution is 7.22. The van der Waals surface area contributed by atoms with E-state index >= 15 is 0 Å². The third-order valence-corrected chi connectivity index (χ3v) is 6.54. The number of nitrogens with zero attached hydrogens (tertiary/aromatic N) is 2. The maximum atomic E-state index is 12.7. The Morgan fingerprint density at radius 3 is 2.70 bits per heavy atom. The first kappa shape index (κ1) is 23.0. The van der Waals surface area contributed by atoms with E-state index in [1.165, 1.54) is 11.3 Å². The van der Waals surface area contributed by atoms with Crippen LogP contribution in [0.3, 0.4) is 0 Å². The van der Waals surface area contributed by atoms with E-state index in [2.05, 4.69) is 20.5 Å². The molecule has 8 nitrogen and oxygen atoms in total. The Labute approximate surface area is 196 Å². The largest absolute Gasteiger partial charge is 0.495 e. The second-order valence-electron chi connectivity index (χ2n) is 7.87. The molecule has 0 bridgehead atoms. The van der Waals surface area contributed by atoms with Crippen molar-refractivity contribution in [2.24, 2.45) is 5.92 Å². The minimum atomic E-state index is -0.101. The molecule has 1 aromatic heterocycles. The number of para-hydroxylation sites is 2. The molecule has 2 heterocycles. The summed E-state index contributed by atoms with van der Waals surface area (Å²) in [5.74, 6) is 1.24. The Morgan fingerprint density at radius 1 is 1.15 bits per heavy atom. The van der Waals surface area contributed by atoms with Crippen molar-refractivity contribution < 1.29 is 19.1 Å². The second-order valence-corrected chi connectivity index (χ2v) is 8.90. The predicted molar refractivity (Wildman–Crippen MR) is 130 cm³/mol.